The number of azo groups is 2. The first-order chi connectivity index (χ1) is 52.8. The molecule has 108 heavy (non-hydrogen) atoms. The van der Waals surface area contributed by atoms with Gasteiger partial charge in [0.05, 0.1) is 96.3 Å². The number of fused-ring (bicyclic) bond motifs is 8. The van der Waals surface area contributed by atoms with Crippen molar-refractivity contribution in [2.45, 2.75) is 50.4 Å². The van der Waals surface area contributed by atoms with Crippen molar-refractivity contribution in [3.05, 3.63) is 330 Å². The normalized spacial score (nSPS) is 12.4. The van der Waals surface area contributed by atoms with E-state index in [1.165, 1.54) is 48.5 Å². The zero-order chi connectivity index (χ0) is 74.7. The average molecular weight is 1460 g/mol. The molecule has 0 saturated carbocycles. The van der Waals surface area contributed by atoms with Crippen LogP contribution in [0.3, 0.4) is 0 Å². The van der Waals surface area contributed by atoms with Crippen molar-refractivity contribution >= 4 is 34.1 Å². The average Bonchev–Trinajstić information content (AvgIpc) is 1.45. The Hall–Kier alpha value is -12.5. The molecule has 1 aliphatic rings. The Morgan fingerprint density at radius 3 is 0.926 bits per heavy atom. The number of phenolic OH excluding ortho intramolecular Hbond substituents is 2. The molecule has 12 aromatic rings. The van der Waals surface area contributed by atoms with Gasteiger partial charge in [-0.1, -0.05) is 72.8 Å². The van der Waals surface area contributed by atoms with E-state index in [2.05, 4.69) is 90.6 Å². The van der Waals surface area contributed by atoms with Crippen LogP contribution in [0, 0.1) is 20.2 Å². The second-order valence-electron chi connectivity index (χ2n) is 26.1. The van der Waals surface area contributed by atoms with Crippen LogP contribution < -0.4 is 18.9 Å². The molecule has 1 aliphatic carbocycles. The summed E-state index contributed by atoms with van der Waals surface area (Å²) in [5, 5.41) is 66.5. The molecule has 552 valence electrons. The molecule has 0 fully saturated rings. The summed E-state index contributed by atoms with van der Waals surface area (Å²) < 4.78 is 50.5. The van der Waals surface area contributed by atoms with Crippen molar-refractivity contribution in [2.75, 3.05) is 79.3 Å². The van der Waals surface area contributed by atoms with Gasteiger partial charge in [-0.05, 0) is 145 Å². The predicted octanol–water partition coefficient (Wildman–Crippen LogP) is 17.4. The molecular formula is C84H82N10O14. The first-order valence-electron chi connectivity index (χ1n) is 35.6. The Balaban J connectivity index is 0.726. The number of nitro benzene ring substituents is 2. The number of aromatic amines is 4. The Labute approximate surface area is 623 Å². The first-order valence-corrected chi connectivity index (χ1v) is 35.6. The Kier molecular flexibility index (Phi) is 24.0. The van der Waals surface area contributed by atoms with E-state index in [9.17, 15) is 30.4 Å². The molecule has 0 radical (unpaired) electrons. The van der Waals surface area contributed by atoms with Crippen LogP contribution in [-0.2, 0) is 55.5 Å². The van der Waals surface area contributed by atoms with Gasteiger partial charge < -0.3 is 68.0 Å². The molecule has 0 saturated heterocycles. The summed E-state index contributed by atoms with van der Waals surface area (Å²) in [5.41, 5.74) is 11.0. The highest BCUT2D eigenvalue weighted by Gasteiger charge is 2.37. The third kappa shape index (κ3) is 17.6. The van der Waals surface area contributed by atoms with E-state index in [1.807, 2.05) is 122 Å². The minimum absolute atomic E-state index is 0.00382. The number of aromatic nitrogens is 4. The number of non-ortho nitro benzene ring substituents is 2. The number of nitro groups is 2. The fourth-order valence-electron chi connectivity index (χ4n) is 13.6. The van der Waals surface area contributed by atoms with Crippen molar-refractivity contribution in [3.63, 3.8) is 0 Å². The molecule has 4 heterocycles. The number of nitrogens with zero attached hydrogens (tertiary/aromatic N) is 6. The highest BCUT2D eigenvalue weighted by molar-refractivity contribution is 5.62. The van der Waals surface area contributed by atoms with E-state index in [1.54, 1.807) is 24.3 Å². The highest BCUT2D eigenvalue weighted by Crippen LogP contribution is 2.45. The number of hydrogen-bond donors (Lipinski definition) is 6. The van der Waals surface area contributed by atoms with E-state index in [0.29, 0.717) is 105 Å². The number of ether oxygens (including phenoxy) is 8. The van der Waals surface area contributed by atoms with Gasteiger partial charge in [-0.2, -0.15) is 20.5 Å². The monoisotopic (exact) mass is 1450 g/mol. The maximum Gasteiger partial charge on any atom is 0.269 e. The molecule has 13 rings (SSSR count). The zero-order valence-corrected chi connectivity index (χ0v) is 59.7. The van der Waals surface area contributed by atoms with Crippen LogP contribution in [-0.4, -0.2) is 119 Å². The van der Waals surface area contributed by atoms with Crippen LogP contribution in [0.25, 0.3) is 0 Å². The summed E-state index contributed by atoms with van der Waals surface area (Å²) in [4.78, 5) is 35.8. The Morgan fingerprint density at radius 1 is 0.343 bits per heavy atom. The zero-order valence-electron chi connectivity index (χ0n) is 59.7. The highest BCUT2D eigenvalue weighted by atomic mass is 16.6. The molecule has 0 amide bonds. The van der Waals surface area contributed by atoms with Crippen molar-refractivity contribution in [1.29, 1.82) is 0 Å². The van der Waals surface area contributed by atoms with Crippen LogP contribution >= 0.6 is 0 Å². The summed E-state index contributed by atoms with van der Waals surface area (Å²) in [6.07, 6.45) is 8.20. The lowest BCUT2D eigenvalue weighted by molar-refractivity contribution is -0.385. The first kappa shape index (κ1) is 73.8. The van der Waals surface area contributed by atoms with Gasteiger partial charge in [0.15, 0.2) is 0 Å². The third-order valence-corrected chi connectivity index (χ3v) is 19.1. The van der Waals surface area contributed by atoms with Gasteiger partial charge >= 0.3 is 0 Å². The maximum absolute atomic E-state index is 12.6. The lowest BCUT2D eigenvalue weighted by atomic mass is 9.76. The van der Waals surface area contributed by atoms with Crippen molar-refractivity contribution < 1.29 is 58.0 Å². The summed E-state index contributed by atoms with van der Waals surface area (Å²) in [6.45, 7) is 7.23. The SMILES string of the molecule is CC(c1ccc[nH]1)(c1ccc[nH]1)c1ccccc1OCCOCCOCCOc1c2cccc1Cc1cc(N=Nc3ccc([N+](=O)[O-])cc3)cc(c1O)Cc1cccc(c1OCCOCCOCCOc1ccccc1C(C)(c1ccc[nH]1)c1ccc[nH]1)Cc1cc(N=Nc3ccc([N+](=O)[O-])cc3)cc(c1O)C2. The van der Waals surface area contributed by atoms with E-state index in [0.717, 1.165) is 45.4 Å². The molecule has 8 bridgehead atoms. The maximum atomic E-state index is 12.6. The number of phenols is 2. The second-order valence-corrected chi connectivity index (χ2v) is 26.1. The molecule has 0 atom stereocenters. The second kappa shape index (κ2) is 35.1. The minimum atomic E-state index is -0.543. The Bertz CT molecular complexity index is 4550. The fourth-order valence-corrected chi connectivity index (χ4v) is 13.6. The van der Waals surface area contributed by atoms with Crippen LogP contribution in [0.4, 0.5) is 34.1 Å². The number of H-pyrrole nitrogens is 4. The molecule has 6 N–H and O–H groups in total. The van der Waals surface area contributed by atoms with Crippen molar-refractivity contribution in [3.8, 4) is 34.5 Å². The number of para-hydroxylation sites is 4. The van der Waals surface area contributed by atoms with Gasteiger partial charge in [0.1, 0.15) is 60.9 Å². The topological polar surface area (TPSA) is 313 Å². The number of nitrogens with one attached hydrogen (secondary N) is 4. The van der Waals surface area contributed by atoms with Gasteiger partial charge in [0.25, 0.3) is 11.4 Å². The predicted molar refractivity (Wildman–Crippen MR) is 407 cm³/mol. The third-order valence-electron chi connectivity index (χ3n) is 19.1. The molecule has 0 unspecified atom stereocenters. The van der Waals surface area contributed by atoms with Crippen LogP contribution in [0.1, 0.15) is 92.3 Å². The van der Waals surface area contributed by atoms with Crippen LogP contribution in [0.15, 0.2) is 252 Å². The van der Waals surface area contributed by atoms with Gasteiger partial charge in [-0.25, -0.2) is 0 Å². The largest absolute Gasteiger partial charge is 0.507 e. The Morgan fingerprint density at radius 2 is 0.630 bits per heavy atom. The molecule has 24 nitrogen and oxygen atoms in total. The summed E-state index contributed by atoms with van der Waals surface area (Å²) in [5.74, 6) is 2.46. The standard InChI is InChI=1S/C84H82N10O14/c1-83(75-21-9-33-85-75,76-22-10-34-86-76)71-17-3-5-19-73(71)105-45-41-101-37-39-103-43-47-107-81-57-13-7-14-58(81)50-62-54-68(92-90-66-27-31-70(32-28-66)94(99)100)56-64(80(62)96)52-60-16-8-15-59(51-63-55-67(53-61(49-57)79(63)95)91-89-65-25-29-69(30-26-65)93(97)98)82(60)108-48-44-104-40-38-102-42-46-106-74-20-6-4-18-72(74)84(2,77-23-11-35-87-77)78-24-12-36-88-78/h3-36,53-56,85-88,95-96H,37-52H2,1-2H3. The van der Waals surface area contributed by atoms with Gasteiger partial charge in [0, 0.05) is 131 Å². The molecule has 8 aromatic carbocycles. The van der Waals surface area contributed by atoms with Gasteiger partial charge in [-0.3, -0.25) is 20.2 Å². The summed E-state index contributed by atoms with van der Waals surface area (Å²) in [7, 11) is 0. The number of rotatable bonds is 34. The molecular weight excluding hydrogens is 1370 g/mol. The van der Waals surface area contributed by atoms with Crippen LogP contribution in [0.5, 0.6) is 34.5 Å². The van der Waals surface area contributed by atoms with E-state index in [4.69, 9.17) is 37.9 Å². The van der Waals surface area contributed by atoms with Gasteiger partial charge in [0.2, 0.25) is 0 Å². The van der Waals surface area contributed by atoms with Gasteiger partial charge in [-0.15, -0.1) is 0 Å². The summed E-state index contributed by atoms with van der Waals surface area (Å²) >= 11 is 0. The molecule has 0 aliphatic heterocycles. The summed E-state index contributed by atoms with van der Waals surface area (Å²) in [6, 6.07) is 62.1. The van der Waals surface area contributed by atoms with Crippen LogP contribution in [0.2, 0.25) is 0 Å². The number of hydrogen-bond acceptors (Lipinski definition) is 18. The molecule has 4 aromatic heterocycles. The van der Waals surface area contributed by atoms with E-state index in [-0.39, 0.29) is 101 Å². The van der Waals surface area contributed by atoms with Crippen molar-refractivity contribution in [2.24, 2.45) is 20.5 Å². The lowest BCUT2D eigenvalue weighted by Crippen LogP contribution is -2.27. The number of aromatic hydroxyl groups is 2. The molecule has 24 heteroatoms. The van der Waals surface area contributed by atoms with E-state index < -0.39 is 20.7 Å². The number of benzene rings is 8. The smallest absolute Gasteiger partial charge is 0.269 e. The molecule has 0 spiro atoms. The van der Waals surface area contributed by atoms with Crippen molar-refractivity contribution in [1.82, 2.24) is 19.9 Å². The fraction of sp³-hybridized carbons (Fsp3) is 0.238. The van der Waals surface area contributed by atoms with E-state index >= 15 is 0 Å². The quantitative estimate of drug-likeness (QED) is 0.00946. The minimum Gasteiger partial charge on any atom is -0.507 e. The lowest BCUT2D eigenvalue weighted by Gasteiger charge is -2.30.